The Morgan fingerprint density at radius 1 is 1.19 bits per heavy atom. The third-order valence-corrected chi connectivity index (χ3v) is 5.54. The molecule has 1 N–H and O–H groups in total. The van der Waals surface area contributed by atoms with Crippen LogP contribution in [0.15, 0.2) is 48.5 Å². The molecular formula is C24H24FN3O3. The number of halogens is 1. The first-order valence-corrected chi connectivity index (χ1v) is 10.4. The quantitative estimate of drug-likeness (QED) is 0.632. The monoisotopic (exact) mass is 421 g/mol. The predicted octanol–water partition coefficient (Wildman–Crippen LogP) is 3.94. The van der Waals surface area contributed by atoms with Crippen LogP contribution in [0.3, 0.4) is 0 Å². The van der Waals surface area contributed by atoms with Gasteiger partial charge < -0.3 is 10.1 Å². The molecule has 1 amide bonds. The zero-order valence-corrected chi connectivity index (χ0v) is 17.5. The van der Waals surface area contributed by atoms with E-state index in [9.17, 15) is 14.0 Å². The van der Waals surface area contributed by atoms with Crippen molar-refractivity contribution in [3.63, 3.8) is 0 Å². The first kappa shape index (κ1) is 20.9. The minimum Gasteiger partial charge on any atom is -0.449 e. The number of para-hydroxylation sites is 1. The number of pyridine rings is 1. The Morgan fingerprint density at radius 3 is 2.68 bits per heavy atom. The topological polar surface area (TPSA) is 71.5 Å². The van der Waals surface area contributed by atoms with Gasteiger partial charge in [-0.2, -0.15) is 0 Å². The highest BCUT2D eigenvalue weighted by molar-refractivity contribution is 6.06. The normalized spacial score (nSPS) is 14.7. The number of nitrogens with zero attached hydrogens (tertiary/aromatic N) is 2. The van der Waals surface area contributed by atoms with Crippen molar-refractivity contribution in [1.29, 1.82) is 0 Å². The van der Waals surface area contributed by atoms with E-state index in [2.05, 4.69) is 17.1 Å². The molecule has 0 fully saturated rings. The molecule has 1 unspecified atom stereocenters. The molecule has 1 aliphatic rings. The van der Waals surface area contributed by atoms with Gasteiger partial charge in [0.25, 0.3) is 5.91 Å². The third kappa shape index (κ3) is 4.41. The summed E-state index contributed by atoms with van der Waals surface area (Å²) in [6.45, 7) is 5.98. The molecule has 1 atom stereocenters. The van der Waals surface area contributed by atoms with E-state index in [1.807, 2.05) is 24.3 Å². The maximum absolute atomic E-state index is 13.2. The van der Waals surface area contributed by atoms with E-state index in [1.165, 1.54) is 31.2 Å². The molecule has 0 spiro atoms. The van der Waals surface area contributed by atoms with Gasteiger partial charge in [0.2, 0.25) is 0 Å². The van der Waals surface area contributed by atoms with Gasteiger partial charge in [0.05, 0.1) is 11.1 Å². The van der Waals surface area contributed by atoms with Crippen LogP contribution in [-0.4, -0.2) is 41.0 Å². The molecule has 0 radical (unpaired) electrons. The molecule has 0 bridgehead atoms. The zero-order valence-electron chi connectivity index (χ0n) is 17.5. The number of rotatable bonds is 5. The van der Waals surface area contributed by atoms with Gasteiger partial charge in [0.15, 0.2) is 6.10 Å². The standard InChI is InChI=1S/C24H24FN3O3/c1-3-28-13-12-21-19(14-28)22(18-6-4-5-7-20(18)27-21)24(30)31-15(2)23(29)26-17-10-8-16(25)9-11-17/h4-11,15H,3,12-14H2,1-2H3,(H,26,29). The average Bonchev–Trinajstić information content (AvgIpc) is 2.78. The molecular weight excluding hydrogens is 397 g/mol. The van der Waals surface area contributed by atoms with Crippen LogP contribution in [-0.2, 0) is 22.5 Å². The first-order chi connectivity index (χ1) is 15.0. The second-order valence-corrected chi connectivity index (χ2v) is 7.59. The number of likely N-dealkylation sites (N-methyl/N-ethyl adjacent to an activating group) is 1. The Bertz CT molecular complexity index is 1130. The Labute approximate surface area is 180 Å². The SMILES string of the molecule is CCN1CCc2nc3ccccc3c(C(=O)OC(C)C(=O)Nc3ccc(F)cc3)c2C1. The van der Waals surface area contributed by atoms with Gasteiger partial charge in [0.1, 0.15) is 5.82 Å². The van der Waals surface area contributed by atoms with Crippen molar-refractivity contribution in [2.24, 2.45) is 0 Å². The summed E-state index contributed by atoms with van der Waals surface area (Å²) in [7, 11) is 0. The number of amides is 1. The Morgan fingerprint density at radius 2 is 1.94 bits per heavy atom. The second-order valence-electron chi connectivity index (χ2n) is 7.59. The molecule has 2 aromatic carbocycles. The number of hydrogen-bond acceptors (Lipinski definition) is 5. The number of esters is 1. The summed E-state index contributed by atoms with van der Waals surface area (Å²) in [5, 5.41) is 3.36. The van der Waals surface area contributed by atoms with E-state index in [0.717, 1.165) is 41.7 Å². The first-order valence-electron chi connectivity index (χ1n) is 10.4. The molecule has 6 nitrogen and oxygen atoms in total. The highest BCUT2D eigenvalue weighted by Gasteiger charge is 2.28. The van der Waals surface area contributed by atoms with Crippen molar-refractivity contribution in [3.8, 4) is 0 Å². The fourth-order valence-corrected chi connectivity index (χ4v) is 3.80. The Balaban J connectivity index is 1.61. The zero-order chi connectivity index (χ0) is 22.0. The predicted molar refractivity (Wildman–Crippen MR) is 116 cm³/mol. The fraction of sp³-hybridized carbons (Fsp3) is 0.292. The van der Waals surface area contributed by atoms with Crippen LogP contribution in [0.25, 0.3) is 10.9 Å². The molecule has 0 saturated heterocycles. The average molecular weight is 421 g/mol. The van der Waals surface area contributed by atoms with Crippen molar-refractivity contribution in [1.82, 2.24) is 9.88 Å². The Kier molecular flexibility index (Phi) is 5.95. The lowest BCUT2D eigenvalue weighted by Crippen LogP contribution is -2.34. The summed E-state index contributed by atoms with van der Waals surface area (Å²) in [4.78, 5) is 32.8. The largest absolute Gasteiger partial charge is 0.449 e. The number of benzene rings is 2. The van der Waals surface area contributed by atoms with Crippen LogP contribution in [0.5, 0.6) is 0 Å². The van der Waals surface area contributed by atoms with Gasteiger partial charge in [-0.15, -0.1) is 0 Å². The summed E-state index contributed by atoms with van der Waals surface area (Å²) in [6.07, 6.45) is -0.263. The van der Waals surface area contributed by atoms with E-state index in [1.54, 1.807) is 0 Å². The van der Waals surface area contributed by atoms with Gasteiger partial charge in [-0.1, -0.05) is 25.1 Å². The number of hydrogen-bond donors (Lipinski definition) is 1. The van der Waals surface area contributed by atoms with E-state index in [0.29, 0.717) is 17.8 Å². The Hall–Kier alpha value is -3.32. The number of fused-ring (bicyclic) bond motifs is 2. The van der Waals surface area contributed by atoms with Gasteiger partial charge in [0, 0.05) is 41.8 Å². The highest BCUT2D eigenvalue weighted by atomic mass is 19.1. The third-order valence-electron chi connectivity index (χ3n) is 5.54. The van der Waals surface area contributed by atoms with Crippen molar-refractivity contribution in [2.45, 2.75) is 32.9 Å². The number of nitrogens with one attached hydrogen (secondary N) is 1. The molecule has 3 aromatic rings. The van der Waals surface area contributed by atoms with E-state index in [4.69, 9.17) is 9.72 Å². The van der Waals surface area contributed by atoms with E-state index in [-0.39, 0.29) is 0 Å². The lowest BCUT2D eigenvalue weighted by Gasteiger charge is -2.29. The van der Waals surface area contributed by atoms with Gasteiger partial charge >= 0.3 is 5.97 Å². The highest BCUT2D eigenvalue weighted by Crippen LogP contribution is 2.29. The molecule has 7 heteroatoms. The van der Waals surface area contributed by atoms with E-state index < -0.39 is 23.8 Å². The minimum atomic E-state index is -1.02. The molecule has 31 heavy (non-hydrogen) atoms. The maximum Gasteiger partial charge on any atom is 0.339 e. The number of carbonyl (C=O) groups is 2. The number of aromatic nitrogens is 1. The summed E-state index contributed by atoms with van der Waals surface area (Å²) in [5.74, 6) is -1.43. The molecule has 0 aliphatic carbocycles. The second kappa shape index (κ2) is 8.81. The molecule has 1 aromatic heterocycles. The summed E-state index contributed by atoms with van der Waals surface area (Å²) in [5.41, 5.74) is 3.41. The maximum atomic E-state index is 13.2. The molecule has 4 rings (SSSR count). The number of ether oxygens (including phenoxy) is 1. The van der Waals surface area contributed by atoms with Gasteiger partial charge in [-0.25, -0.2) is 9.18 Å². The van der Waals surface area contributed by atoms with E-state index >= 15 is 0 Å². The smallest absolute Gasteiger partial charge is 0.339 e. The summed E-state index contributed by atoms with van der Waals surface area (Å²) in [6, 6.07) is 12.9. The van der Waals surface area contributed by atoms with Gasteiger partial charge in [-0.05, 0) is 43.8 Å². The van der Waals surface area contributed by atoms with Crippen LogP contribution < -0.4 is 5.32 Å². The van der Waals surface area contributed by atoms with Crippen LogP contribution in [0, 0.1) is 5.82 Å². The molecule has 0 saturated carbocycles. The lowest BCUT2D eigenvalue weighted by molar-refractivity contribution is -0.123. The van der Waals surface area contributed by atoms with Crippen LogP contribution in [0.2, 0.25) is 0 Å². The number of anilines is 1. The fourth-order valence-electron chi connectivity index (χ4n) is 3.80. The van der Waals surface area contributed by atoms with Crippen molar-refractivity contribution >= 4 is 28.5 Å². The van der Waals surface area contributed by atoms with Crippen LogP contribution in [0.1, 0.15) is 35.5 Å². The minimum absolute atomic E-state index is 0.395. The molecule has 160 valence electrons. The van der Waals surface area contributed by atoms with Crippen molar-refractivity contribution < 1.29 is 18.7 Å². The summed E-state index contributed by atoms with van der Waals surface area (Å²) >= 11 is 0. The molecule has 1 aliphatic heterocycles. The van der Waals surface area contributed by atoms with Crippen LogP contribution >= 0.6 is 0 Å². The van der Waals surface area contributed by atoms with Crippen molar-refractivity contribution in [2.75, 3.05) is 18.4 Å². The molecule has 2 heterocycles. The van der Waals surface area contributed by atoms with Crippen LogP contribution in [0.4, 0.5) is 10.1 Å². The summed E-state index contributed by atoms with van der Waals surface area (Å²) < 4.78 is 18.6. The van der Waals surface area contributed by atoms with Crippen molar-refractivity contribution in [3.05, 3.63) is 71.2 Å². The van der Waals surface area contributed by atoms with Gasteiger partial charge in [-0.3, -0.25) is 14.7 Å². The lowest BCUT2D eigenvalue weighted by atomic mass is 9.95. The number of carbonyl (C=O) groups excluding carboxylic acids is 2.